The first-order chi connectivity index (χ1) is 9.06. The molecule has 1 rings (SSSR count). The lowest BCUT2D eigenvalue weighted by Crippen LogP contribution is -2.10. The van der Waals surface area contributed by atoms with Gasteiger partial charge in [0.2, 0.25) is 0 Å². The van der Waals surface area contributed by atoms with E-state index in [2.05, 4.69) is 43.5 Å². The second kappa shape index (κ2) is 12.2. The Kier molecular flexibility index (Phi) is 13.2. The minimum absolute atomic E-state index is 0.492. The first-order valence-electron chi connectivity index (χ1n) is 7.62. The highest BCUT2D eigenvalue weighted by molar-refractivity contribution is 5.16. The molecule has 19 heavy (non-hydrogen) atoms. The Morgan fingerprint density at radius 1 is 1.05 bits per heavy atom. The molecule has 0 aliphatic carbocycles. The molecule has 0 fully saturated rings. The zero-order chi connectivity index (χ0) is 15.4. The van der Waals surface area contributed by atoms with E-state index in [-0.39, 0.29) is 0 Å². The van der Waals surface area contributed by atoms with E-state index in [1.165, 1.54) is 11.4 Å². The largest absolute Gasteiger partial charge is 0.383 e. The van der Waals surface area contributed by atoms with E-state index in [4.69, 9.17) is 4.74 Å². The summed E-state index contributed by atoms with van der Waals surface area (Å²) in [6.07, 6.45) is 0. The normalized spacial score (nSPS) is 9.84. The fraction of sp³-hybridized carbons (Fsp3) is 0.812. The molecule has 3 heteroatoms. The van der Waals surface area contributed by atoms with E-state index < -0.39 is 0 Å². The average molecular weight is 270 g/mol. The summed E-state index contributed by atoms with van der Waals surface area (Å²) >= 11 is 0. The van der Waals surface area contributed by atoms with Crippen LogP contribution in [0.5, 0.6) is 0 Å². The van der Waals surface area contributed by atoms with Crippen LogP contribution >= 0.6 is 0 Å². The molecular weight excluding hydrogens is 236 g/mol. The number of nitrogens with zero attached hydrogens (tertiary/aromatic N) is 2. The molecule has 0 aromatic carbocycles. The maximum atomic E-state index is 5.09. The van der Waals surface area contributed by atoms with Crippen molar-refractivity contribution in [3.05, 3.63) is 17.5 Å². The fourth-order valence-corrected chi connectivity index (χ4v) is 1.56. The van der Waals surface area contributed by atoms with Gasteiger partial charge in [-0.15, -0.1) is 0 Å². The summed E-state index contributed by atoms with van der Waals surface area (Å²) in [7, 11) is 1.72. The van der Waals surface area contributed by atoms with Gasteiger partial charge in [-0.2, -0.15) is 5.10 Å². The minimum atomic E-state index is 0.492. The third-order valence-electron chi connectivity index (χ3n) is 2.52. The predicted octanol–water partition coefficient (Wildman–Crippen LogP) is 4.83. The zero-order valence-corrected chi connectivity index (χ0v) is 14.4. The number of hydrogen-bond donors (Lipinski definition) is 0. The van der Waals surface area contributed by atoms with E-state index >= 15 is 0 Å². The van der Waals surface area contributed by atoms with Crippen LogP contribution < -0.4 is 0 Å². The second-order valence-electron chi connectivity index (χ2n) is 4.52. The van der Waals surface area contributed by atoms with Crippen molar-refractivity contribution in [2.24, 2.45) is 0 Å². The van der Waals surface area contributed by atoms with Crippen LogP contribution in [0, 0.1) is 0 Å². The zero-order valence-electron chi connectivity index (χ0n) is 14.4. The lowest BCUT2D eigenvalue weighted by atomic mass is 10.1. The molecule has 1 aromatic heterocycles. The van der Waals surface area contributed by atoms with Crippen LogP contribution in [-0.4, -0.2) is 23.5 Å². The molecule has 0 amide bonds. The lowest BCUT2D eigenvalue weighted by molar-refractivity contribution is 0.182. The van der Waals surface area contributed by atoms with Crippen molar-refractivity contribution in [2.45, 2.75) is 73.8 Å². The van der Waals surface area contributed by atoms with Gasteiger partial charge in [-0.05, 0) is 17.9 Å². The average Bonchev–Trinajstić information content (AvgIpc) is 2.85. The van der Waals surface area contributed by atoms with Crippen molar-refractivity contribution in [1.82, 2.24) is 9.78 Å². The van der Waals surface area contributed by atoms with Crippen molar-refractivity contribution < 1.29 is 4.74 Å². The van der Waals surface area contributed by atoms with Crippen molar-refractivity contribution in [3.63, 3.8) is 0 Å². The van der Waals surface area contributed by atoms with Crippen LogP contribution in [0.25, 0.3) is 0 Å². The molecule has 0 unspecified atom stereocenters. The smallest absolute Gasteiger partial charge is 0.0658 e. The maximum absolute atomic E-state index is 5.09. The van der Waals surface area contributed by atoms with Crippen molar-refractivity contribution in [2.75, 3.05) is 13.7 Å². The summed E-state index contributed by atoms with van der Waals surface area (Å²) < 4.78 is 7.16. The number of aromatic nitrogens is 2. The first kappa shape index (κ1) is 20.5. The molecule has 0 bridgehead atoms. The summed E-state index contributed by atoms with van der Waals surface area (Å²) in [4.78, 5) is 0. The van der Waals surface area contributed by atoms with Gasteiger partial charge in [-0.1, -0.05) is 55.4 Å². The number of ether oxygens (including phenoxy) is 1. The molecule has 0 saturated heterocycles. The van der Waals surface area contributed by atoms with Gasteiger partial charge in [0, 0.05) is 12.8 Å². The van der Waals surface area contributed by atoms with Crippen LogP contribution in [0.4, 0.5) is 0 Å². The Bertz CT molecular complexity index is 304. The molecular formula is C16H34N2O. The minimum Gasteiger partial charge on any atom is -0.383 e. The Morgan fingerprint density at radius 3 is 1.95 bits per heavy atom. The fourth-order valence-electron chi connectivity index (χ4n) is 1.56. The Balaban J connectivity index is 0. The topological polar surface area (TPSA) is 27.1 Å². The summed E-state index contributed by atoms with van der Waals surface area (Å²) in [5.74, 6) is 1.01. The van der Waals surface area contributed by atoms with Gasteiger partial charge in [0.1, 0.15) is 0 Å². The standard InChI is InChI=1S/C12H22N2O.2C2H6/c1-9(2)11-8-12(10(3)4)14(13-11)6-7-15-5;2*1-2/h8-10H,6-7H2,1-5H3;2*1-2H3. The van der Waals surface area contributed by atoms with Gasteiger partial charge in [0.15, 0.2) is 0 Å². The van der Waals surface area contributed by atoms with Crippen molar-refractivity contribution in [3.8, 4) is 0 Å². The molecule has 0 aliphatic heterocycles. The van der Waals surface area contributed by atoms with Crippen molar-refractivity contribution in [1.29, 1.82) is 0 Å². The number of rotatable bonds is 5. The summed E-state index contributed by atoms with van der Waals surface area (Å²) in [6, 6.07) is 2.21. The van der Waals surface area contributed by atoms with E-state index in [0.29, 0.717) is 11.8 Å². The SMILES string of the molecule is CC.CC.COCCn1nc(C(C)C)cc1C(C)C. The molecule has 1 aromatic rings. The van der Waals surface area contributed by atoms with Gasteiger partial charge >= 0.3 is 0 Å². The highest BCUT2D eigenvalue weighted by Gasteiger charge is 2.12. The quantitative estimate of drug-likeness (QED) is 0.766. The van der Waals surface area contributed by atoms with E-state index in [1.807, 2.05) is 27.7 Å². The van der Waals surface area contributed by atoms with Crippen LogP contribution in [0.1, 0.15) is 78.6 Å². The summed E-state index contributed by atoms with van der Waals surface area (Å²) in [5.41, 5.74) is 2.48. The predicted molar refractivity (Wildman–Crippen MR) is 85.0 cm³/mol. The van der Waals surface area contributed by atoms with Gasteiger partial charge in [0.25, 0.3) is 0 Å². The molecule has 0 aliphatic rings. The first-order valence-corrected chi connectivity index (χ1v) is 7.62. The molecule has 114 valence electrons. The monoisotopic (exact) mass is 270 g/mol. The molecule has 0 N–H and O–H groups in total. The third-order valence-corrected chi connectivity index (χ3v) is 2.52. The third kappa shape index (κ3) is 7.36. The Labute approximate surface area is 120 Å². The van der Waals surface area contributed by atoms with Crippen LogP contribution in [0.2, 0.25) is 0 Å². The summed E-state index contributed by atoms with van der Waals surface area (Å²) in [6.45, 7) is 18.3. The van der Waals surface area contributed by atoms with Gasteiger partial charge in [-0.3, -0.25) is 4.68 Å². The molecule has 0 spiro atoms. The highest BCUT2D eigenvalue weighted by atomic mass is 16.5. The molecule has 0 atom stereocenters. The van der Waals surface area contributed by atoms with E-state index in [0.717, 1.165) is 13.2 Å². The lowest BCUT2D eigenvalue weighted by Gasteiger charge is -2.08. The Morgan fingerprint density at radius 2 is 1.58 bits per heavy atom. The number of hydrogen-bond acceptors (Lipinski definition) is 2. The molecule has 0 saturated carbocycles. The molecule has 0 radical (unpaired) electrons. The van der Waals surface area contributed by atoms with Crippen LogP contribution in [0.3, 0.4) is 0 Å². The Hall–Kier alpha value is -0.830. The highest BCUT2D eigenvalue weighted by Crippen LogP contribution is 2.20. The van der Waals surface area contributed by atoms with Gasteiger partial charge in [0.05, 0.1) is 18.8 Å². The van der Waals surface area contributed by atoms with E-state index in [1.54, 1.807) is 7.11 Å². The van der Waals surface area contributed by atoms with Crippen LogP contribution in [-0.2, 0) is 11.3 Å². The van der Waals surface area contributed by atoms with Gasteiger partial charge < -0.3 is 4.74 Å². The molecule has 1 heterocycles. The summed E-state index contributed by atoms with van der Waals surface area (Å²) in [5, 5.41) is 4.61. The van der Waals surface area contributed by atoms with E-state index in [9.17, 15) is 0 Å². The van der Waals surface area contributed by atoms with Gasteiger partial charge in [-0.25, -0.2) is 0 Å². The van der Waals surface area contributed by atoms with Crippen molar-refractivity contribution >= 4 is 0 Å². The number of methoxy groups -OCH3 is 1. The molecule has 3 nitrogen and oxygen atoms in total. The second-order valence-corrected chi connectivity index (χ2v) is 4.52. The van der Waals surface area contributed by atoms with Crippen LogP contribution in [0.15, 0.2) is 6.07 Å². The maximum Gasteiger partial charge on any atom is 0.0658 e.